The van der Waals surface area contributed by atoms with Gasteiger partial charge in [-0.3, -0.25) is 14.6 Å². The molecule has 0 bridgehead atoms. The minimum Gasteiger partial charge on any atom is -0.497 e. The lowest BCUT2D eigenvalue weighted by Crippen LogP contribution is -2.58. The van der Waals surface area contributed by atoms with Crippen molar-refractivity contribution >= 4 is 11.6 Å². The maximum atomic E-state index is 13.1. The Morgan fingerprint density at radius 3 is 2.66 bits per heavy atom. The second-order valence-electron chi connectivity index (χ2n) is 8.28. The highest BCUT2D eigenvalue weighted by Gasteiger charge is 2.37. The van der Waals surface area contributed by atoms with Gasteiger partial charge in [-0.1, -0.05) is 13.8 Å². The molecule has 0 saturated carbocycles. The molecule has 0 aromatic heterocycles. The molecule has 162 valence electrons. The second kappa shape index (κ2) is 8.92. The van der Waals surface area contributed by atoms with E-state index >= 15 is 0 Å². The third kappa shape index (κ3) is 5.42. The number of piperazine rings is 1. The second-order valence-corrected chi connectivity index (χ2v) is 8.28. The van der Waals surface area contributed by atoms with E-state index in [9.17, 15) is 18.0 Å². The number of methoxy groups -OCH3 is 1. The van der Waals surface area contributed by atoms with Crippen LogP contribution in [-0.2, 0) is 11.2 Å². The molecule has 29 heavy (non-hydrogen) atoms. The van der Waals surface area contributed by atoms with E-state index in [4.69, 9.17) is 4.74 Å². The molecule has 3 rings (SSSR count). The van der Waals surface area contributed by atoms with Crippen molar-refractivity contribution in [3.8, 4) is 5.75 Å². The normalized spacial score (nSPS) is 21.3. The van der Waals surface area contributed by atoms with E-state index in [0.717, 1.165) is 29.8 Å². The highest BCUT2D eigenvalue weighted by atomic mass is 19.4. The molecule has 1 aromatic carbocycles. The molecule has 1 fully saturated rings. The Morgan fingerprint density at radius 2 is 2.00 bits per heavy atom. The van der Waals surface area contributed by atoms with Gasteiger partial charge in [0.05, 0.1) is 20.2 Å². The maximum absolute atomic E-state index is 13.1. The number of carbonyl (C=O) groups is 1. The summed E-state index contributed by atoms with van der Waals surface area (Å²) in [4.78, 5) is 18.4. The predicted octanol–water partition coefficient (Wildman–Crippen LogP) is 3.18. The number of aryl methyl sites for hydroxylation is 1. The Hall–Kier alpha value is -1.80. The van der Waals surface area contributed by atoms with Crippen LogP contribution in [0.15, 0.2) is 18.2 Å². The van der Waals surface area contributed by atoms with Crippen molar-refractivity contribution in [3.05, 3.63) is 23.8 Å². The van der Waals surface area contributed by atoms with Gasteiger partial charge in [0.1, 0.15) is 5.75 Å². The zero-order valence-electron chi connectivity index (χ0n) is 17.3. The van der Waals surface area contributed by atoms with Crippen LogP contribution in [0.5, 0.6) is 5.75 Å². The molecule has 1 amide bonds. The zero-order valence-corrected chi connectivity index (χ0v) is 17.3. The molecule has 1 aromatic rings. The van der Waals surface area contributed by atoms with Gasteiger partial charge in [-0.05, 0) is 42.5 Å². The predicted molar refractivity (Wildman–Crippen MR) is 106 cm³/mol. The first kappa shape index (κ1) is 21.9. The van der Waals surface area contributed by atoms with E-state index in [1.165, 1.54) is 4.90 Å². The summed E-state index contributed by atoms with van der Waals surface area (Å²) in [5, 5.41) is 0. The van der Waals surface area contributed by atoms with Gasteiger partial charge in [0.15, 0.2) is 0 Å². The van der Waals surface area contributed by atoms with E-state index in [1.807, 2.05) is 36.9 Å². The number of benzene rings is 1. The van der Waals surface area contributed by atoms with Crippen LogP contribution in [0.2, 0.25) is 0 Å². The lowest BCUT2D eigenvalue weighted by molar-refractivity contribution is -0.153. The Bertz CT molecular complexity index is 724. The van der Waals surface area contributed by atoms with Crippen molar-refractivity contribution in [3.63, 3.8) is 0 Å². The van der Waals surface area contributed by atoms with Gasteiger partial charge in [0.2, 0.25) is 5.91 Å². The van der Waals surface area contributed by atoms with Gasteiger partial charge in [-0.15, -0.1) is 0 Å². The molecular formula is C21H30F3N3O2. The number of ether oxygens (including phenoxy) is 1. The molecule has 2 heterocycles. The molecule has 0 spiro atoms. The topological polar surface area (TPSA) is 36.0 Å². The van der Waals surface area contributed by atoms with Crippen LogP contribution in [-0.4, -0.2) is 74.3 Å². The monoisotopic (exact) mass is 413 g/mol. The molecule has 2 aliphatic heterocycles. The van der Waals surface area contributed by atoms with Crippen molar-refractivity contribution in [1.29, 1.82) is 0 Å². The van der Waals surface area contributed by atoms with Gasteiger partial charge >= 0.3 is 6.18 Å². The fourth-order valence-electron chi connectivity index (χ4n) is 4.35. The van der Waals surface area contributed by atoms with Crippen LogP contribution in [0, 0.1) is 5.92 Å². The number of carbonyl (C=O) groups excluding carboxylic acids is 1. The summed E-state index contributed by atoms with van der Waals surface area (Å²) >= 11 is 0. The number of halogens is 3. The van der Waals surface area contributed by atoms with Gasteiger partial charge in [0.25, 0.3) is 0 Å². The lowest BCUT2D eigenvalue weighted by Gasteiger charge is -2.44. The highest BCUT2D eigenvalue weighted by Crippen LogP contribution is 2.31. The molecule has 8 heteroatoms. The van der Waals surface area contributed by atoms with Crippen LogP contribution >= 0.6 is 0 Å². The van der Waals surface area contributed by atoms with E-state index < -0.39 is 12.7 Å². The third-order valence-electron chi connectivity index (χ3n) is 5.83. The maximum Gasteiger partial charge on any atom is 0.401 e. The van der Waals surface area contributed by atoms with Gasteiger partial charge in [0, 0.05) is 37.9 Å². The molecule has 1 saturated heterocycles. The summed E-state index contributed by atoms with van der Waals surface area (Å²) in [5.74, 6) is 0.946. The first-order chi connectivity index (χ1) is 13.7. The zero-order chi connectivity index (χ0) is 21.2. The standard InChI is InChI=1S/C21H30F3N3O2/c1-15(2)19-12-25(14-21(22,23)24)9-10-26(19)13-20(28)27-8-4-5-16-11-17(29-3)6-7-18(16)27/h6-7,11,15,19H,4-5,8-10,12-14H2,1-3H3/t19-/m0/s1. The molecule has 0 aliphatic carbocycles. The molecule has 5 nitrogen and oxygen atoms in total. The van der Waals surface area contributed by atoms with Crippen molar-refractivity contribution in [2.45, 2.75) is 38.9 Å². The van der Waals surface area contributed by atoms with E-state index in [-0.39, 0.29) is 24.4 Å². The van der Waals surface area contributed by atoms with Crippen molar-refractivity contribution in [2.24, 2.45) is 5.92 Å². The number of hydrogen-bond donors (Lipinski definition) is 0. The average molecular weight is 413 g/mol. The molecule has 0 unspecified atom stereocenters. The quantitative estimate of drug-likeness (QED) is 0.743. The molecule has 2 aliphatic rings. The summed E-state index contributed by atoms with van der Waals surface area (Å²) in [5.41, 5.74) is 2.01. The number of hydrogen-bond acceptors (Lipinski definition) is 4. The SMILES string of the molecule is COc1ccc2c(c1)CCCN2C(=O)CN1CCN(CC(F)(F)F)C[C@H]1C(C)C. The van der Waals surface area contributed by atoms with Gasteiger partial charge < -0.3 is 9.64 Å². The summed E-state index contributed by atoms with van der Waals surface area (Å²) in [6.07, 6.45) is -2.40. The van der Waals surface area contributed by atoms with Gasteiger partial charge in [-0.25, -0.2) is 0 Å². The van der Waals surface area contributed by atoms with Gasteiger partial charge in [-0.2, -0.15) is 13.2 Å². The first-order valence-corrected chi connectivity index (χ1v) is 10.2. The molecule has 1 atom stereocenters. The van der Waals surface area contributed by atoms with Crippen LogP contribution in [0.3, 0.4) is 0 Å². The molecular weight excluding hydrogens is 383 g/mol. The summed E-state index contributed by atoms with van der Waals surface area (Å²) < 4.78 is 43.7. The smallest absolute Gasteiger partial charge is 0.401 e. The van der Waals surface area contributed by atoms with Crippen molar-refractivity contribution in [2.75, 3.05) is 51.3 Å². The Kier molecular flexibility index (Phi) is 6.73. The summed E-state index contributed by atoms with van der Waals surface area (Å²) in [6, 6.07) is 5.68. The van der Waals surface area contributed by atoms with Crippen LogP contribution in [0.4, 0.5) is 18.9 Å². The van der Waals surface area contributed by atoms with E-state index in [0.29, 0.717) is 26.2 Å². The number of alkyl halides is 3. The fourth-order valence-corrected chi connectivity index (χ4v) is 4.35. The third-order valence-corrected chi connectivity index (χ3v) is 5.83. The summed E-state index contributed by atoms with van der Waals surface area (Å²) in [6.45, 7) is 5.13. The summed E-state index contributed by atoms with van der Waals surface area (Å²) in [7, 11) is 1.62. The highest BCUT2D eigenvalue weighted by molar-refractivity contribution is 5.96. The van der Waals surface area contributed by atoms with Crippen molar-refractivity contribution < 1.29 is 22.7 Å². The Morgan fingerprint density at radius 1 is 1.24 bits per heavy atom. The number of fused-ring (bicyclic) bond motifs is 1. The van der Waals surface area contributed by atoms with E-state index in [2.05, 4.69) is 4.90 Å². The average Bonchev–Trinajstić information content (AvgIpc) is 2.66. The molecule has 0 N–H and O–H groups in total. The first-order valence-electron chi connectivity index (χ1n) is 10.2. The van der Waals surface area contributed by atoms with Crippen LogP contribution in [0.25, 0.3) is 0 Å². The number of amides is 1. The van der Waals surface area contributed by atoms with Crippen LogP contribution in [0.1, 0.15) is 25.8 Å². The van der Waals surface area contributed by atoms with Crippen LogP contribution < -0.4 is 9.64 Å². The van der Waals surface area contributed by atoms with E-state index in [1.54, 1.807) is 7.11 Å². The largest absolute Gasteiger partial charge is 0.497 e. The Balaban J connectivity index is 1.69. The van der Waals surface area contributed by atoms with Crippen molar-refractivity contribution in [1.82, 2.24) is 9.80 Å². The number of nitrogens with zero attached hydrogens (tertiary/aromatic N) is 3. The molecule has 0 radical (unpaired) electrons. The Labute approximate surface area is 170 Å². The minimum atomic E-state index is -4.20. The lowest BCUT2D eigenvalue weighted by atomic mass is 9.98. The number of rotatable bonds is 5. The minimum absolute atomic E-state index is 0.00559. The number of anilines is 1. The fraction of sp³-hybridized carbons (Fsp3) is 0.667.